The molecule has 5 heteroatoms. The summed E-state index contributed by atoms with van der Waals surface area (Å²) in [5.74, 6) is -0.124. The number of aromatic nitrogens is 1. The number of β-amino-alcohol motifs (C(OH)–C–C–N with tert-alkyl or cyclic N) is 1. The summed E-state index contributed by atoms with van der Waals surface area (Å²) in [6.45, 7) is 0.957. The number of hydrogen-bond donors (Lipinski definition) is 1. The van der Waals surface area contributed by atoms with Crippen molar-refractivity contribution in [3.8, 4) is 6.07 Å². The number of aliphatic hydroxyl groups is 1. The third-order valence-electron chi connectivity index (χ3n) is 2.80. The van der Waals surface area contributed by atoms with Gasteiger partial charge in [0.05, 0.1) is 11.7 Å². The Morgan fingerprint density at radius 3 is 2.94 bits per heavy atom. The number of amides is 1. The molecule has 2 heterocycles. The summed E-state index contributed by atoms with van der Waals surface area (Å²) in [6.07, 6.45) is 1.83. The number of carbonyl (C=O) groups is 1. The molecular formula is C11H13N3O2. The van der Waals surface area contributed by atoms with E-state index in [4.69, 9.17) is 5.26 Å². The third-order valence-corrected chi connectivity index (χ3v) is 2.80. The number of nitrogens with zero attached hydrogens (tertiary/aromatic N) is 3. The summed E-state index contributed by atoms with van der Waals surface area (Å²) in [7, 11) is 1.74. The smallest absolute Gasteiger partial charge is 0.270 e. The van der Waals surface area contributed by atoms with Crippen LogP contribution in [-0.2, 0) is 7.05 Å². The van der Waals surface area contributed by atoms with E-state index in [0.717, 1.165) is 0 Å². The molecule has 1 N–H and O–H groups in total. The van der Waals surface area contributed by atoms with Gasteiger partial charge in [-0.3, -0.25) is 4.79 Å². The number of likely N-dealkylation sites (tertiary alicyclic amines) is 1. The van der Waals surface area contributed by atoms with E-state index in [1.54, 1.807) is 28.8 Å². The highest BCUT2D eigenvalue weighted by molar-refractivity contribution is 5.93. The average molecular weight is 219 g/mol. The lowest BCUT2D eigenvalue weighted by Crippen LogP contribution is -2.30. The molecule has 0 bridgehead atoms. The fourth-order valence-electron chi connectivity index (χ4n) is 1.93. The number of aryl methyl sites for hydroxylation is 1. The van der Waals surface area contributed by atoms with Gasteiger partial charge in [-0.15, -0.1) is 0 Å². The van der Waals surface area contributed by atoms with E-state index in [-0.39, 0.29) is 5.91 Å². The van der Waals surface area contributed by atoms with Crippen molar-refractivity contribution in [1.82, 2.24) is 9.47 Å². The van der Waals surface area contributed by atoms with Gasteiger partial charge in [0, 0.05) is 26.3 Å². The van der Waals surface area contributed by atoms with Gasteiger partial charge in [-0.1, -0.05) is 0 Å². The zero-order valence-electron chi connectivity index (χ0n) is 9.05. The van der Waals surface area contributed by atoms with E-state index in [1.807, 2.05) is 6.07 Å². The second kappa shape index (κ2) is 3.99. The number of nitriles is 1. The van der Waals surface area contributed by atoms with E-state index in [0.29, 0.717) is 30.8 Å². The van der Waals surface area contributed by atoms with Crippen LogP contribution >= 0.6 is 0 Å². The number of aliphatic hydroxyl groups excluding tert-OH is 1. The molecule has 5 nitrogen and oxygen atoms in total. The van der Waals surface area contributed by atoms with E-state index in [9.17, 15) is 9.90 Å². The van der Waals surface area contributed by atoms with Crippen LogP contribution in [0.3, 0.4) is 0 Å². The molecule has 1 fully saturated rings. The van der Waals surface area contributed by atoms with Gasteiger partial charge < -0.3 is 14.6 Å². The van der Waals surface area contributed by atoms with E-state index in [1.165, 1.54) is 0 Å². The first-order chi connectivity index (χ1) is 7.61. The molecule has 84 valence electrons. The fraction of sp³-hybridized carbons (Fsp3) is 0.455. The number of carbonyl (C=O) groups excluding carboxylic acids is 1. The predicted octanol–water partition coefficient (Wildman–Crippen LogP) is 0.104. The van der Waals surface area contributed by atoms with Crippen molar-refractivity contribution in [1.29, 1.82) is 5.26 Å². The van der Waals surface area contributed by atoms with Crippen LogP contribution in [0.1, 0.15) is 22.5 Å². The van der Waals surface area contributed by atoms with Crippen LogP contribution in [0.4, 0.5) is 0 Å². The summed E-state index contributed by atoms with van der Waals surface area (Å²) < 4.78 is 1.64. The highest BCUT2D eigenvalue weighted by Gasteiger charge is 2.26. The molecule has 0 aliphatic carbocycles. The molecule has 1 saturated heterocycles. The van der Waals surface area contributed by atoms with Crippen molar-refractivity contribution in [3.05, 3.63) is 23.5 Å². The Bertz CT molecular complexity index is 458. The van der Waals surface area contributed by atoms with Crippen molar-refractivity contribution < 1.29 is 9.90 Å². The molecule has 0 saturated carbocycles. The predicted molar refractivity (Wildman–Crippen MR) is 56.7 cm³/mol. The van der Waals surface area contributed by atoms with Gasteiger partial charge in [0.1, 0.15) is 11.8 Å². The zero-order chi connectivity index (χ0) is 11.7. The number of rotatable bonds is 1. The van der Waals surface area contributed by atoms with Crippen LogP contribution < -0.4 is 0 Å². The summed E-state index contributed by atoms with van der Waals surface area (Å²) in [5.41, 5.74) is 0.969. The molecule has 1 aromatic heterocycles. The Morgan fingerprint density at radius 2 is 2.44 bits per heavy atom. The van der Waals surface area contributed by atoms with Gasteiger partial charge in [0.15, 0.2) is 0 Å². The molecule has 1 aliphatic rings. The first-order valence-electron chi connectivity index (χ1n) is 5.15. The molecule has 0 aromatic carbocycles. The molecule has 0 radical (unpaired) electrons. The van der Waals surface area contributed by atoms with Crippen molar-refractivity contribution in [2.75, 3.05) is 13.1 Å². The summed E-state index contributed by atoms with van der Waals surface area (Å²) >= 11 is 0. The quantitative estimate of drug-likeness (QED) is 0.728. The molecule has 1 aliphatic heterocycles. The molecule has 2 rings (SSSR count). The second-order valence-electron chi connectivity index (χ2n) is 4.03. The van der Waals surface area contributed by atoms with Gasteiger partial charge in [-0.05, 0) is 12.5 Å². The standard InChI is InChI=1S/C11H13N3O2/c1-13-6-8(5-12)4-10(13)11(16)14-3-2-9(15)7-14/h4,6,9,15H,2-3,7H2,1H3/t9-/m1/s1. The van der Waals surface area contributed by atoms with Crippen LogP contribution in [0.2, 0.25) is 0 Å². The molecular weight excluding hydrogens is 206 g/mol. The second-order valence-corrected chi connectivity index (χ2v) is 4.03. The lowest BCUT2D eigenvalue weighted by molar-refractivity contribution is 0.0755. The van der Waals surface area contributed by atoms with E-state index >= 15 is 0 Å². The van der Waals surface area contributed by atoms with Crippen LogP contribution in [0, 0.1) is 11.3 Å². The van der Waals surface area contributed by atoms with Gasteiger partial charge in [-0.25, -0.2) is 0 Å². The first kappa shape index (κ1) is 10.7. The minimum atomic E-state index is -0.417. The summed E-state index contributed by atoms with van der Waals surface area (Å²) in [4.78, 5) is 13.6. The third kappa shape index (κ3) is 1.79. The van der Waals surface area contributed by atoms with Crippen LogP contribution in [0.15, 0.2) is 12.3 Å². The summed E-state index contributed by atoms with van der Waals surface area (Å²) in [6, 6.07) is 3.58. The van der Waals surface area contributed by atoms with Crippen molar-refractivity contribution in [2.45, 2.75) is 12.5 Å². The van der Waals surface area contributed by atoms with Crippen LogP contribution in [0.25, 0.3) is 0 Å². The molecule has 1 amide bonds. The first-order valence-corrected chi connectivity index (χ1v) is 5.15. The van der Waals surface area contributed by atoms with Gasteiger partial charge in [0.2, 0.25) is 0 Å². The van der Waals surface area contributed by atoms with E-state index in [2.05, 4.69) is 0 Å². The van der Waals surface area contributed by atoms with Crippen molar-refractivity contribution in [2.24, 2.45) is 7.05 Å². The topological polar surface area (TPSA) is 69.3 Å². The van der Waals surface area contributed by atoms with Gasteiger partial charge in [-0.2, -0.15) is 5.26 Å². The lowest BCUT2D eigenvalue weighted by atomic mass is 10.3. The highest BCUT2D eigenvalue weighted by Crippen LogP contribution is 2.15. The maximum Gasteiger partial charge on any atom is 0.270 e. The number of hydrogen-bond acceptors (Lipinski definition) is 3. The largest absolute Gasteiger partial charge is 0.391 e. The monoisotopic (exact) mass is 219 g/mol. The van der Waals surface area contributed by atoms with Gasteiger partial charge >= 0.3 is 0 Å². The minimum absolute atomic E-state index is 0.124. The minimum Gasteiger partial charge on any atom is -0.391 e. The van der Waals surface area contributed by atoms with Crippen molar-refractivity contribution in [3.63, 3.8) is 0 Å². The van der Waals surface area contributed by atoms with Crippen LogP contribution in [-0.4, -0.2) is 39.7 Å². The normalized spacial score (nSPS) is 19.8. The lowest BCUT2D eigenvalue weighted by Gasteiger charge is -2.15. The van der Waals surface area contributed by atoms with Crippen LogP contribution in [0.5, 0.6) is 0 Å². The Balaban J connectivity index is 2.21. The Hall–Kier alpha value is -1.80. The molecule has 1 atom stereocenters. The molecule has 16 heavy (non-hydrogen) atoms. The molecule has 1 aromatic rings. The molecule has 0 unspecified atom stereocenters. The van der Waals surface area contributed by atoms with Crippen molar-refractivity contribution >= 4 is 5.91 Å². The summed E-state index contributed by atoms with van der Waals surface area (Å²) in [5, 5.41) is 18.1. The maximum absolute atomic E-state index is 12.0. The Kier molecular flexibility index (Phi) is 2.67. The van der Waals surface area contributed by atoms with Gasteiger partial charge in [0.25, 0.3) is 5.91 Å². The zero-order valence-corrected chi connectivity index (χ0v) is 9.05. The Morgan fingerprint density at radius 1 is 1.69 bits per heavy atom. The van der Waals surface area contributed by atoms with E-state index < -0.39 is 6.10 Å². The average Bonchev–Trinajstić information content (AvgIpc) is 2.83. The SMILES string of the molecule is Cn1cc(C#N)cc1C(=O)N1CC[C@@H](O)C1. The molecule has 0 spiro atoms. The Labute approximate surface area is 93.5 Å². The maximum atomic E-state index is 12.0. The fourth-order valence-corrected chi connectivity index (χ4v) is 1.93. The highest BCUT2D eigenvalue weighted by atomic mass is 16.3.